The number of carbonyl (C=O) groups is 2. The number of Topliss-reactive ketones (excluding diaryl/α,β-unsaturated/α-hetero) is 1. The number of benzene rings is 1. The van der Waals surface area contributed by atoms with Crippen molar-refractivity contribution in [2.75, 3.05) is 6.61 Å². The first-order valence-electron chi connectivity index (χ1n) is 5.91. The van der Waals surface area contributed by atoms with E-state index < -0.39 is 5.97 Å². The quantitative estimate of drug-likeness (QED) is 0.857. The van der Waals surface area contributed by atoms with Gasteiger partial charge in [0.1, 0.15) is 10.6 Å². The van der Waals surface area contributed by atoms with E-state index >= 15 is 0 Å². The lowest BCUT2D eigenvalue weighted by molar-refractivity contribution is 0.0701. The zero-order chi connectivity index (χ0) is 14.7. The fraction of sp³-hybridized carbons (Fsp3) is 0.214. The number of carbonyl (C=O) groups excluding carboxylic acids is 1. The SMILES string of the molecule is Cc1ccc(OCC(=O)c2nc(C)c(C(=O)O)s2)cc1. The van der Waals surface area contributed by atoms with Gasteiger partial charge in [-0.3, -0.25) is 4.79 Å². The Labute approximate surface area is 119 Å². The molecule has 0 atom stereocenters. The van der Waals surface area contributed by atoms with Gasteiger partial charge in [0.15, 0.2) is 11.6 Å². The Kier molecular flexibility index (Phi) is 4.14. The normalized spacial score (nSPS) is 10.3. The topological polar surface area (TPSA) is 76.5 Å². The first-order chi connectivity index (χ1) is 9.47. The van der Waals surface area contributed by atoms with Gasteiger partial charge in [-0.05, 0) is 26.0 Å². The van der Waals surface area contributed by atoms with Crippen molar-refractivity contribution in [2.24, 2.45) is 0 Å². The minimum atomic E-state index is -1.07. The molecule has 1 N–H and O–H groups in total. The summed E-state index contributed by atoms with van der Waals surface area (Å²) in [5, 5.41) is 9.08. The Morgan fingerprint density at radius 1 is 1.25 bits per heavy atom. The number of carboxylic acid groups (broad SMARTS) is 1. The fourth-order valence-corrected chi connectivity index (χ4v) is 2.39. The number of aromatic carboxylic acids is 1. The van der Waals surface area contributed by atoms with E-state index in [1.807, 2.05) is 19.1 Å². The van der Waals surface area contributed by atoms with Crippen LogP contribution in [-0.2, 0) is 0 Å². The summed E-state index contributed by atoms with van der Waals surface area (Å²) in [5.41, 5.74) is 1.45. The van der Waals surface area contributed by atoms with Crippen molar-refractivity contribution < 1.29 is 19.4 Å². The maximum atomic E-state index is 11.9. The smallest absolute Gasteiger partial charge is 0.347 e. The third-order valence-corrected chi connectivity index (χ3v) is 3.81. The van der Waals surface area contributed by atoms with E-state index in [9.17, 15) is 9.59 Å². The Morgan fingerprint density at radius 3 is 2.45 bits per heavy atom. The van der Waals surface area contributed by atoms with Crippen LogP contribution in [0.1, 0.15) is 30.7 Å². The van der Waals surface area contributed by atoms with Gasteiger partial charge in [-0.2, -0.15) is 0 Å². The van der Waals surface area contributed by atoms with Gasteiger partial charge in [0.25, 0.3) is 0 Å². The summed E-state index contributed by atoms with van der Waals surface area (Å²) in [4.78, 5) is 26.9. The minimum Gasteiger partial charge on any atom is -0.485 e. The second kappa shape index (κ2) is 5.83. The van der Waals surface area contributed by atoms with Crippen LogP contribution < -0.4 is 4.74 Å². The number of aryl methyl sites for hydroxylation is 2. The van der Waals surface area contributed by atoms with Crippen molar-refractivity contribution in [3.8, 4) is 5.75 Å². The van der Waals surface area contributed by atoms with Gasteiger partial charge in [0.05, 0.1) is 5.69 Å². The van der Waals surface area contributed by atoms with Crippen LogP contribution in [0.5, 0.6) is 5.75 Å². The number of nitrogens with zero attached hydrogens (tertiary/aromatic N) is 1. The maximum Gasteiger partial charge on any atom is 0.347 e. The van der Waals surface area contributed by atoms with Crippen LogP contribution in [0.2, 0.25) is 0 Å². The molecule has 6 heteroatoms. The molecule has 0 saturated heterocycles. The number of aromatic nitrogens is 1. The molecule has 1 aromatic heterocycles. The molecule has 0 bridgehead atoms. The van der Waals surface area contributed by atoms with Gasteiger partial charge in [-0.15, -0.1) is 11.3 Å². The van der Waals surface area contributed by atoms with Crippen LogP contribution in [0.15, 0.2) is 24.3 Å². The number of ketones is 1. The third-order valence-electron chi connectivity index (χ3n) is 2.62. The highest BCUT2D eigenvalue weighted by Gasteiger charge is 2.18. The van der Waals surface area contributed by atoms with E-state index in [-0.39, 0.29) is 22.3 Å². The lowest BCUT2D eigenvalue weighted by Crippen LogP contribution is -2.11. The molecular formula is C14H13NO4S. The standard InChI is InChI=1S/C14H13NO4S/c1-8-3-5-10(6-4-8)19-7-11(16)13-15-9(2)12(20-13)14(17)18/h3-6H,7H2,1-2H3,(H,17,18). The van der Waals surface area contributed by atoms with Crippen LogP contribution in [0.3, 0.4) is 0 Å². The van der Waals surface area contributed by atoms with Crippen LogP contribution in [0, 0.1) is 13.8 Å². The first kappa shape index (κ1) is 14.2. The highest BCUT2D eigenvalue weighted by atomic mass is 32.1. The molecule has 0 aliphatic heterocycles. The largest absolute Gasteiger partial charge is 0.485 e. The predicted octanol–water partition coefficient (Wildman–Crippen LogP) is 2.72. The van der Waals surface area contributed by atoms with Crippen LogP contribution >= 0.6 is 11.3 Å². The molecule has 20 heavy (non-hydrogen) atoms. The summed E-state index contributed by atoms with van der Waals surface area (Å²) in [7, 11) is 0. The summed E-state index contributed by atoms with van der Waals surface area (Å²) in [6, 6.07) is 7.32. The highest BCUT2D eigenvalue weighted by Crippen LogP contribution is 2.19. The lowest BCUT2D eigenvalue weighted by Gasteiger charge is -2.04. The van der Waals surface area contributed by atoms with Crippen molar-refractivity contribution in [3.63, 3.8) is 0 Å². The number of ether oxygens (including phenoxy) is 1. The minimum absolute atomic E-state index is 0.0867. The zero-order valence-corrected chi connectivity index (χ0v) is 11.9. The second-order valence-electron chi connectivity index (χ2n) is 4.26. The number of carboxylic acids is 1. The molecule has 2 rings (SSSR count). The monoisotopic (exact) mass is 291 g/mol. The van der Waals surface area contributed by atoms with Gasteiger partial charge in [0, 0.05) is 0 Å². The molecule has 5 nitrogen and oxygen atoms in total. The first-order valence-corrected chi connectivity index (χ1v) is 6.72. The van der Waals surface area contributed by atoms with Crippen molar-refractivity contribution in [1.82, 2.24) is 4.98 Å². The van der Waals surface area contributed by atoms with Gasteiger partial charge < -0.3 is 9.84 Å². The number of thiazole rings is 1. The van der Waals surface area contributed by atoms with Gasteiger partial charge >= 0.3 is 5.97 Å². The summed E-state index contributed by atoms with van der Waals surface area (Å²) in [6.07, 6.45) is 0. The predicted molar refractivity (Wildman–Crippen MR) is 74.8 cm³/mol. The van der Waals surface area contributed by atoms with Gasteiger partial charge in [-0.1, -0.05) is 17.7 Å². The van der Waals surface area contributed by atoms with Crippen molar-refractivity contribution >= 4 is 23.1 Å². The molecule has 104 valence electrons. The summed E-state index contributed by atoms with van der Waals surface area (Å²) in [5.74, 6) is -0.805. The van der Waals surface area contributed by atoms with E-state index in [1.54, 1.807) is 19.1 Å². The fourth-order valence-electron chi connectivity index (χ4n) is 1.56. The van der Waals surface area contributed by atoms with Crippen LogP contribution in [0.25, 0.3) is 0 Å². The summed E-state index contributed by atoms with van der Waals surface area (Å²) >= 11 is 0.873. The van der Waals surface area contributed by atoms with E-state index in [0.717, 1.165) is 16.9 Å². The molecule has 0 aliphatic carbocycles. The summed E-state index contributed by atoms with van der Waals surface area (Å²) in [6.45, 7) is 3.37. The van der Waals surface area contributed by atoms with Crippen molar-refractivity contribution in [3.05, 3.63) is 45.4 Å². The molecule has 0 spiro atoms. The molecular weight excluding hydrogens is 278 g/mol. The van der Waals surface area contributed by atoms with E-state index in [2.05, 4.69) is 4.98 Å². The Hall–Kier alpha value is -2.21. The second-order valence-corrected chi connectivity index (χ2v) is 5.26. The average Bonchev–Trinajstić information content (AvgIpc) is 2.80. The summed E-state index contributed by atoms with van der Waals surface area (Å²) < 4.78 is 5.36. The molecule has 1 aromatic carbocycles. The number of hydrogen-bond acceptors (Lipinski definition) is 5. The van der Waals surface area contributed by atoms with Crippen LogP contribution in [-0.4, -0.2) is 28.4 Å². The van der Waals surface area contributed by atoms with Gasteiger partial charge in [-0.25, -0.2) is 9.78 Å². The molecule has 0 unspecified atom stereocenters. The molecule has 0 amide bonds. The number of rotatable bonds is 5. The molecule has 1 heterocycles. The van der Waals surface area contributed by atoms with Crippen LogP contribution in [0.4, 0.5) is 0 Å². The van der Waals surface area contributed by atoms with Crippen molar-refractivity contribution in [1.29, 1.82) is 0 Å². The van der Waals surface area contributed by atoms with Gasteiger partial charge in [0.2, 0.25) is 5.78 Å². The molecule has 0 fully saturated rings. The van der Waals surface area contributed by atoms with E-state index in [0.29, 0.717) is 11.4 Å². The Bertz CT molecular complexity index is 646. The Morgan fingerprint density at radius 2 is 1.90 bits per heavy atom. The average molecular weight is 291 g/mol. The lowest BCUT2D eigenvalue weighted by atomic mass is 10.2. The maximum absolute atomic E-state index is 11.9. The molecule has 2 aromatic rings. The molecule has 0 aliphatic rings. The molecule has 0 saturated carbocycles. The Balaban J connectivity index is 2.03. The molecule has 0 radical (unpaired) electrons. The van der Waals surface area contributed by atoms with E-state index in [1.165, 1.54) is 0 Å². The zero-order valence-electron chi connectivity index (χ0n) is 11.0. The highest BCUT2D eigenvalue weighted by molar-refractivity contribution is 7.15. The van der Waals surface area contributed by atoms with E-state index in [4.69, 9.17) is 9.84 Å². The number of hydrogen-bond donors (Lipinski definition) is 1. The van der Waals surface area contributed by atoms with Crippen molar-refractivity contribution in [2.45, 2.75) is 13.8 Å². The third kappa shape index (κ3) is 3.21.